The van der Waals surface area contributed by atoms with Crippen LogP contribution in [0.2, 0.25) is 0 Å². The van der Waals surface area contributed by atoms with Gasteiger partial charge in [0.25, 0.3) is 0 Å². The Morgan fingerprint density at radius 1 is 0.633 bits per heavy atom. The molecule has 4 aromatic heterocycles. The summed E-state index contributed by atoms with van der Waals surface area (Å²) in [4.78, 5) is 4.55. The zero-order chi connectivity index (χ0) is 19.9. The molecular formula is C20H18N10. The number of hydrogen-bond donors (Lipinski definition) is 0. The van der Waals surface area contributed by atoms with Crippen LogP contribution in [-0.4, -0.2) is 65.8 Å². The molecule has 5 heterocycles. The number of aromatic nitrogens is 8. The maximum atomic E-state index is 4.83. The maximum Gasteiger partial charge on any atom is 0.185 e. The molecule has 148 valence electrons. The average Bonchev–Trinajstić information content (AvgIpc) is 3.46. The first-order chi connectivity index (χ1) is 14.8. The van der Waals surface area contributed by atoms with Crippen LogP contribution in [0.5, 0.6) is 0 Å². The SMILES string of the molecule is c1ccc(-c2nnc3ccc(N4CCN(c5ccc6nncn6n5)CC4)nn23)cc1. The fourth-order valence-corrected chi connectivity index (χ4v) is 3.77. The summed E-state index contributed by atoms with van der Waals surface area (Å²) >= 11 is 0. The first kappa shape index (κ1) is 16.8. The molecule has 0 N–H and O–H groups in total. The van der Waals surface area contributed by atoms with Crippen molar-refractivity contribution in [2.75, 3.05) is 36.0 Å². The standard InChI is InChI=1S/C20H18N10/c1-2-4-15(5-3-1)20-24-23-17-7-9-19(26-30(17)20)28-12-10-27(11-13-28)18-8-6-16-22-21-14-29(16)25-18/h1-9,14H,10-13H2. The number of hydrogen-bond acceptors (Lipinski definition) is 8. The Labute approximate surface area is 171 Å². The van der Waals surface area contributed by atoms with Gasteiger partial charge in [0.1, 0.15) is 18.0 Å². The molecule has 5 aromatic rings. The Balaban J connectivity index is 1.24. The van der Waals surface area contributed by atoms with E-state index in [4.69, 9.17) is 5.10 Å². The molecule has 10 heteroatoms. The van der Waals surface area contributed by atoms with Gasteiger partial charge in [0.05, 0.1) is 0 Å². The fraction of sp³-hybridized carbons (Fsp3) is 0.200. The van der Waals surface area contributed by atoms with Crippen LogP contribution in [0.25, 0.3) is 22.7 Å². The minimum Gasteiger partial charge on any atom is -0.352 e. The van der Waals surface area contributed by atoms with E-state index in [2.05, 4.69) is 35.3 Å². The lowest BCUT2D eigenvalue weighted by molar-refractivity contribution is 0.631. The predicted molar refractivity (Wildman–Crippen MR) is 111 cm³/mol. The Bertz CT molecular complexity index is 1320. The molecule has 0 bridgehead atoms. The highest BCUT2D eigenvalue weighted by atomic mass is 15.4. The normalized spacial score (nSPS) is 14.7. The van der Waals surface area contributed by atoms with Crippen LogP contribution in [0.3, 0.4) is 0 Å². The molecule has 30 heavy (non-hydrogen) atoms. The Kier molecular flexibility index (Phi) is 3.79. The Morgan fingerprint density at radius 3 is 2.10 bits per heavy atom. The molecular weight excluding hydrogens is 380 g/mol. The number of anilines is 2. The Hall–Kier alpha value is -4.08. The zero-order valence-electron chi connectivity index (χ0n) is 16.1. The van der Waals surface area contributed by atoms with Crippen molar-refractivity contribution in [2.24, 2.45) is 0 Å². The molecule has 1 fully saturated rings. The van der Waals surface area contributed by atoms with E-state index in [1.54, 1.807) is 10.8 Å². The van der Waals surface area contributed by atoms with Crippen molar-refractivity contribution < 1.29 is 0 Å². The monoisotopic (exact) mass is 398 g/mol. The van der Waals surface area contributed by atoms with Crippen molar-refractivity contribution >= 4 is 22.9 Å². The number of piperazine rings is 1. The largest absolute Gasteiger partial charge is 0.352 e. The summed E-state index contributed by atoms with van der Waals surface area (Å²) in [6.45, 7) is 3.41. The van der Waals surface area contributed by atoms with E-state index >= 15 is 0 Å². The van der Waals surface area contributed by atoms with E-state index in [1.807, 2.05) is 59.1 Å². The van der Waals surface area contributed by atoms with Gasteiger partial charge in [-0.15, -0.1) is 30.6 Å². The number of nitrogens with zero attached hydrogens (tertiary/aromatic N) is 10. The van der Waals surface area contributed by atoms with Crippen molar-refractivity contribution in [1.29, 1.82) is 0 Å². The molecule has 6 rings (SSSR count). The van der Waals surface area contributed by atoms with Crippen LogP contribution in [0.4, 0.5) is 11.6 Å². The summed E-state index contributed by atoms with van der Waals surface area (Å²) in [6, 6.07) is 17.9. The van der Waals surface area contributed by atoms with Gasteiger partial charge in [0.2, 0.25) is 0 Å². The molecule has 0 unspecified atom stereocenters. The average molecular weight is 398 g/mol. The smallest absolute Gasteiger partial charge is 0.185 e. The van der Waals surface area contributed by atoms with Gasteiger partial charge < -0.3 is 9.80 Å². The van der Waals surface area contributed by atoms with E-state index in [1.165, 1.54) is 0 Å². The van der Waals surface area contributed by atoms with Crippen LogP contribution in [-0.2, 0) is 0 Å². The van der Waals surface area contributed by atoms with Gasteiger partial charge in [-0.2, -0.15) is 9.03 Å². The highest BCUT2D eigenvalue weighted by Crippen LogP contribution is 2.21. The van der Waals surface area contributed by atoms with Crippen LogP contribution < -0.4 is 9.80 Å². The van der Waals surface area contributed by atoms with E-state index in [-0.39, 0.29) is 0 Å². The van der Waals surface area contributed by atoms with Gasteiger partial charge in [-0.05, 0) is 24.3 Å². The van der Waals surface area contributed by atoms with Gasteiger partial charge in [-0.3, -0.25) is 0 Å². The summed E-state index contributed by atoms with van der Waals surface area (Å²) in [5, 5.41) is 25.9. The van der Waals surface area contributed by atoms with Crippen molar-refractivity contribution in [3.63, 3.8) is 0 Å². The minimum atomic E-state index is 0.739. The first-order valence-corrected chi connectivity index (χ1v) is 9.80. The summed E-state index contributed by atoms with van der Waals surface area (Å²) in [6.07, 6.45) is 1.62. The van der Waals surface area contributed by atoms with Crippen LogP contribution >= 0.6 is 0 Å². The second-order valence-electron chi connectivity index (χ2n) is 7.15. The van der Waals surface area contributed by atoms with Crippen LogP contribution in [0.15, 0.2) is 60.9 Å². The van der Waals surface area contributed by atoms with Crippen LogP contribution in [0.1, 0.15) is 0 Å². The van der Waals surface area contributed by atoms with E-state index in [0.29, 0.717) is 0 Å². The van der Waals surface area contributed by atoms with Gasteiger partial charge in [-0.1, -0.05) is 30.3 Å². The van der Waals surface area contributed by atoms with Gasteiger partial charge in [0.15, 0.2) is 17.1 Å². The van der Waals surface area contributed by atoms with E-state index < -0.39 is 0 Å². The lowest BCUT2D eigenvalue weighted by Crippen LogP contribution is -2.47. The highest BCUT2D eigenvalue weighted by Gasteiger charge is 2.21. The quantitative estimate of drug-likeness (QED) is 0.452. The molecule has 1 aliphatic heterocycles. The fourth-order valence-electron chi connectivity index (χ4n) is 3.77. The molecule has 0 saturated carbocycles. The van der Waals surface area contributed by atoms with Crippen molar-refractivity contribution in [2.45, 2.75) is 0 Å². The zero-order valence-corrected chi connectivity index (χ0v) is 16.1. The maximum absolute atomic E-state index is 4.83. The summed E-state index contributed by atoms with van der Waals surface area (Å²) < 4.78 is 3.52. The lowest BCUT2D eigenvalue weighted by Gasteiger charge is -2.35. The minimum absolute atomic E-state index is 0.739. The van der Waals surface area contributed by atoms with E-state index in [0.717, 1.165) is 60.5 Å². The highest BCUT2D eigenvalue weighted by molar-refractivity contribution is 5.59. The molecule has 0 atom stereocenters. The third-order valence-corrected chi connectivity index (χ3v) is 5.36. The third kappa shape index (κ3) is 2.81. The molecule has 1 aliphatic rings. The third-order valence-electron chi connectivity index (χ3n) is 5.36. The van der Waals surface area contributed by atoms with Crippen molar-refractivity contribution in [1.82, 2.24) is 39.6 Å². The summed E-state index contributed by atoms with van der Waals surface area (Å²) in [5.41, 5.74) is 2.48. The number of rotatable bonds is 3. The molecule has 1 saturated heterocycles. The van der Waals surface area contributed by atoms with Gasteiger partial charge >= 0.3 is 0 Å². The Morgan fingerprint density at radius 2 is 1.33 bits per heavy atom. The topological polar surface area (TPSA) is 92.6 Å². The van der Waals surface area contributed by atoms with Gasteiger partial charge in [-0.25, -0.2) is 0 Å². The second kappa shape index (κ2) is 6.76. The second-order valence-corrected chi connectivity index (χ2v) is 7.15. The summed E-state index contributed by atoms with van der Waals surface area (Å²) in [7, 11) is 0. The lowest BCUT2D eigenvalue weighted by atomic mass is 10.2. The van der Waals surface area contributed by atoms with Crippen LogP contribution in [0, 0.1) is 0 Å². The first-order valence-electron chi connectivity index (χ1n) is 9.80. The molecule has 0 amide bonds. The number of fused-ring (bicyclic) bond motifs is 2. The predicted octanol–water partition coefficient (Wildman–Crippen LogP) is 1.56. The van der Waals surface area contributed by atoms with Crippen molar-refractivity contribution in [3.8, 4) is 11.4 Å². The molecule has 0 aliphatic carbocycles. The summed E-state index contributed by atoms with van der Waals surface area (Å²) in [5.74, 6) is 2.59. The molecule has 1 aromatic carbocycles. The van der Waals surface area contributed by atoms with Gasteiger partial charge in [0, 0.05) is 31.7 Å². The molecule has 0 spiro atoms. The molecule has 10 nitrogen and oxygen atoms in total. The number of benzene rings is 1. The van der Waals surface area contributed by atoms with E-state index in [9.17, 15) is 0 Å². The van der Waals surface area contributed by atoms with Crippen molar-refractivity contribution in [3.05, 3.63) is 60.9 Å². The molecule has 0 radical (unpaired) electrons.